The highest BCUT2D eigenvalue weighted by atomic mass is 127. The van der Waals surface area contributed by atoms with Crippen molar-refractivity contribution in [3.8, 4) is 5.75 Å². The number of carbonyl (C=O) groups is 1. The minimum Gasteiger partial charge on any atom is -0.497 e. The number of aryl methyl sites for hydroxylation is 2. The fourth-order valence-electron chi connectivity index (χ4n) is 2.56. The zero-order valence-corrected chi connectivity index (χ0v) is 15.8. The van der Waals surface area contributed by atoms with Crippen molar-refractivity contribution >= 4 is 45.1 Å². The van der Waals surface area contributed by atoms with Gasteiger partial charge in [0, 0.05) is 20.7 Å². The van der Waals surface area contributed by atoms with Crippen molar-refractivity contribution in [2.75, 3.05) is 12.4 Å². The minimum absolute atomic E-state index is 0.151. The number of hydrogen-bond acceptors (Lipinski definition) is 3. The van der Waals surface area contributed by atoms with Crippen LogP contribution in [0.3, 0.4) is 0 Å². The zero-order valence-electron chi connectivity index (χ0n) is 13.7. The number of aromatic nitrogens is 1. The Hall–Kier alpha value is -2.15. The van der Waals surface area contributed by atoms with Gasteiger partial charge in [0.1, 0.15) is 5.75 Å². The van der Waals surface area contributed by atoms with Gasteiger partial charge in [0.15, 0.2) is 0 Å². The van der Waals surface area contributed by atoms with Crippen LogP contribution in [0.2, 0.25) is 0 Å². The molecule has 5 heteroatoms. The number of amides is 1. The molecule has 2 aromatic carbocycles. The fraction of sp³-hybridized carbons (Fsp3) is 0.158. The lowest BCUT2D eigenvalue weighted by Gasteiger charge is -2.11. The molecule has 0 saturated heterocycles. The average molecular weight is 432 g/mol. The predicted molar refractivity (Wildman–Crippen MR) is 105 cm³/mol. The second-order valence-electron chi connectivity index (χ2n) is 5.59. The van der Waals surface area contributed by atoms with E-state index in [2.05, 4.69) is 32.9 Å². The summed E-state index contributed by atoms with van der Waals surface area (Å²) < 4.78 is 6.36. The Labute approximate surface area is 154 Å². The van der Waals surface area contributed by atoms with Gasteiger partial charge in [-0.15, -0.1) is 0 Å². The lowest BCUT2D eigenvalue weighted by atomic mass is 10.1. The summed E-state index contributed by atoms with van der Waals surface area (Å²) in [5.74, 6) is 0.600. The molecular weight excluding hydrogens is 415 g/mol. The first-order chi connectivity index (χ1) is 11.5. The summed E-state index contributed by atoms with van der Waals surface area (Å²) in [5, 5.41) is 3.88. The summed E-state index contributed by atoms with van der Waals surface area (Å²) in [6.07, 6.45) is 0. The van der Waals surface area contributed by atoms with Gasteiger partial charge in [-0.3, -0.25) is 9.78 Å². The standard InChI is InChI=1S/C19H17IN2O2/c1-11-8-14(20)5-7-17(11)22-19(23)16-9-13-4-6-15(24-3)10-18(13)21-12(16)2/h4-10H,1-3H3,(H,22,23). The van der Waals surface area contributed by atoms with Crippen LogP contribution in [-0.4, -0.2) is 18.0 Å². The molecule has 0 aliphatic carbocycles. The SMILES string of the molecule is COc1ccc2cc(C(=O)Nc3ccc(I)cc3C)c(C)nc2c1. The van der Waals surface area contributed by atoms with E-state index >= 15 is 0 Å². The second-order valence-corrected chi connectivity index (χ2v) is 6.84. The van der Waals surface area contributed by atoms with Crippen LogP contribution in [0.4, 0.5) is 5.69 Å². The second kappa shape index (κ2) is 6.76. The number of rotatable bonds is 3. The molecule has 1 N–H and O–H groups in total. The van der Waals surface area contributed by atoms with E-state index in [1.165, 1.54) is 0 Å². The summed E-state index contributed by atoms with van der Waals surface area (Å²) >= 11 is 2.25. The maximum atomic E-state index is 12.7. The van der Waals surface area contributed by atoms with Gasteiger partial charge in [-0.1, -0.05) is 0 Å². The molecule has 1 heterocycles. The molecule has 0 aliphatic heterocycles. The van der Waals surface area contributed by atoms with E-state index in [0.29, 0.717) is 11.3 Å². The van der Waals surface area contributed by atoms with Gasteiger partial charge in [0.25, 0.3) is 5.91 Å². The molecule has 24 heavy (non-hydrogen) atoms. The van der Waals surface area contributed by atoms with E-state index < -0.39 is 0 Å². The largest absolute Gasteiger partial charge is 0.497 e. The maximum absolute atomic E-state index is 12.7. The molecule has 0 saturated carbocycles. The van der Waals surface area contributed by atoms with Gasteiger partial charge in [-0.2, -0.15) is 0 Å². The van der Waals surface area contributed by atoms with Gasteiger partial charge in [0.05, 0.1) is 23.9 Å². The van der Waals surface area contributed by atoms with E-state index in [0.717, 1.165) is 31.5 Å². The summed E-state index contributed by atoms with van der Waals surface area (Å²) in [5.41, 5.74) is 3.93. The number of ether oxygens (including phenoxy) is 1. The molecule has 122 valence electrons. The van der Waals surface area contributed by atoms with E-state index in [1.54, 1.807) is 7.11 Å². The lowest BCUT2D eigenvalue weighted by molar-refractivity contribution is 0.102. The fourth-order valence-corrected chi connectivity index (χ4v) is 3.20. The molecule has 0 radical (unpaired) electrons. The van der Waals surface area contributed by atoms with Crippen LogP contribution < -0.4 is 10.1 Å². The molecule has 0 aliphatic rings. The number of pyridine rings is 1. The quantitative estimate of drug-likeness (QED) is 0.610. The van der Waals surface area contributed by atoms with Crippen LogP contribution in [-0.2, 0) is 0 Å². The molecule has 3 aromatic rings. The van der Waals surface area contributed by atoms with Crippen LogP contribution in [0.25, 0.3) is 10.9 Å². The van der Waals surface area contributed by atoms with Crippen molar-refractivity contribution in [2.45, 2.75) is 13.8 Å². The number of benzene rings is 2. The molecule has 1 amide bonds. The van der Waals surface area contributed by atoms with Crippen LogP contribution in [0.5, 0.6) is 5.75 Å². The minimum atomic E-state index is -0.151. The van der Waals surface area contributed by atoms with E-state index in [1.807, 2.05) is 56.3 Å². The number of methoxy groups -OCH3 is 1. The molecular formula is C19H17IN2O2. The number of fused-ring (bicyclic) bond motifs is 1. The van der Waals surface area contributed by atoms with Crippen LogP contribution in [0.1, 0.15) is 21.6 Å². The molecule has 4 nitrogen and oxygen atoms in total. The van der Waals surface area contributed by atoms with Crippen molar-refractivity contribution in [2.24, 2.45) is 0 Å². The molecule has 3 rings (SSSR count). The van der Waals surface area contributed by atoms with E-state index in [-0.39, 0.29) is 5.91 Å². The van der Waals surface area contributed by atoms with Gasteiger partial charge < -0.3 is 10.1 Å². The Balaban J connectivity index is 1.96. The molecule has 0 fully saturated rings. The van der Waals surface area contributed by atoms with Gasteiger partial charge in [0.2, 0.25) is 0 Å². The third-order valence-electron chi connectivity index (χ3n) is 3.90. The van der Waals surface area contributed by atoms with Crippen molar-refractivity contribution in [1.82, 2.24) is 4.98 Å². The molecule has 0 unspecified atom stereocenters. The zero-order chi connectivity index (χ0) is 17.3. The molecule has 0 bridgehead atoms. The monoisotopic (exact) mass is 432 g/mol. The molecule has 0 atom stereocenters. The number of nitrogens with zero attached hydrogens (tertiary/aromatic N) is 1. The van der Waals surface area contributed by atoms with Crippen molar-refractivity contribution in [3.63, 3.8) is 0 Å². The number of halogens is 1. The number of carbonyl (C=O) groups excluding carboxylic acids is 1. The molecule has 0 spiro atoms. The smallest absolute Gasteiger partial charge is 0.257 e. The van der Waals surface area contributed by atoms with Gasteiger partial charge in [-0.05, 0) is 78.4 Å². The Kier molecular flexibility index (Phi) is 4.71. The highest BCUT2D eigenvalue weighted by Crippen LogP contribution is 2.23. The van der Waals surface area contributed by atoms with Gasteiger partial charge >= 0.3 is 0 Å². The summed E-state index contributed by atoms with van der Waals surface area (Å²) in [6.45, 7) is 3.82. The Morgan fingerprint density at radius 3 is 2.62 bits per heavy atom. The first-order valence-corrected chi connectivity index (χ1v) is 8.58. The Morgan fingerprint density at radius 2 is 1.92 bits per heavy atom. The highest BCUT2D eigenvalue weighted by molar-refractivity contribution is 14.1. The summed E-state index contributed by atoms with van der Waals surface area (Å²) in [6, 6.07) is 13.4. The van der Waals surface area contributed by atoms with Crippen molar-refractivity contribution in [1.29, 1.82) is 0 Å². The van der Waals surface area contributed by atoms with Crippen molar-refractivity contribution < 1.29 is 9.53 Å². The summed E-state index contributed by atoms with van der Waals surface area (Å²) in [4.78, 5) is 17.2. The number of nitrogens with one attached hydrogen (secondary N) is 1. The predicted octanol–water partition coefficient (Wildman–Crippen LogP) is 4.72. The third kappa shape index (κ3) is 3.36. The normalized spacial score (nSPS) is 10.7. The average Bonchev–Trinajstić information content (AvgIpc) is 2.56. The van der Waals surface area contributed by atoms with Gasteiger partial charge in [-0.25, -0.2) is 0 Å². The van der Waals surface area contributed by atoms with E-state index in [4.69, 9.17) is 4.74 Å². The summed E-state index contributed by atoms with van der Waals surface area (Å²) in [7, 11) is 1.62. The van der Waals surface area contributed by atoms with Crippen molar-refractivity contribution in [3.05, 3.63) is 62.9 Å². The van der Waals surface area contributed by atoms with Crippen LogP contribution in [0.15, 0.2) is 42.5 Å². The number of anilines is 1. The maximum Gasteiger partial charge on any atom is 0.257 e. The highest BCUT2D eigenvalue weighted by Gasteiger charge is 2.13. The van der Waals surface area contributed by atoms with Crippen LogP contribution in [0, 0.1) is 17.4 Å². The van der Waals surface area contributed by atoms with E-state index in [9.17, 15) is 4.79 Å². The third-order valence-corrected chi connectivity index (χ3v) is 4.57. The Bertz CT molecular complexity index is 938. The lowest BCUT2D eigenvalue weighted by Crippen LogP contribution is -2.15. The van der Waals surface area contributed by atoms with Crippen LogP contribution >= 0.6 is 22.6 Å². The Morgan fingerprint density at radius 1 is 1.12 bits per heavy atom. The first-order valence-electron chi connectivity index (χ1n) is 7.51. The first kappa shape index (κ1) is 16.7. The number of hydrogen-bond donors (Lipinski definition) is 1. The molecule has 1 aromatic heterocycles. The topological polar surface area (TPSA) is 51.2 Å².